The maximum Gasteiger partial charge on any atom is 0.335 e. The van der Waals surface area contributed by atoms with Gasteiger partial charge in [-0.05, 0) is 58.7 Å². The van der Waals surface area contributed by atoms with E-state index >= 15 is 0 Å². The molecule has 4 nitrogen and oxygen atoms in total. The summed E-state index contributed by atoms with van der Waals surface area (Å²) in [5.74, 6) is -1.23. The maximum atomic E-state index is 12.1. The van der Waals surface area contributed by atoms with E-state index in [1.54, 1.807) is 37.3 Å². The third-order valence-corrected chi connectivity index (χ3v) is 3.52. The third kappa shape index (κ3) is 3.05. The van der Waals surface area contributed by atoms with Gasteiger partial charge in [-0.1, -0.05) is 12.1 Å². The van der Waals surface area contributed by atoms with E-state index in [1.165, 1.54) is 6.07 Å². The van der Waals surface area contributed by atoms with Crippen molar-refractivity contribution in [3.8, 4) is 0 Å². The molecule has 20 heavy (non-hydrogen) atoms. The number of rotatable bonds is 3. The van der Waals surface area contributed by atoms with Gasteiger partial charge in [-0.15, -0.1) is 0 Å². The standard InChI is InChI=1S/C15H12BrNO3/c1-9-8-10(6-7-11(9)15(19)20)17-14(18)12-4-2-3-5-13(12)16/h2-8H,1H3,(H,17,18)(H,19,20). The normalized spacial score (nSPS) is 10.1. The number of carbonyl (C=O) groups is 2. The van der Waals surface area contributed by atoms with Crippen LogP contribution in [0, 0.1) is 6.92 Å². The predicted octanol–water partition coefficient (Wildman–Crippen LogP) is 3.71. The molecule has 0 aliphatic rings. The Bertz CT molecular complexity index is 683. The average molecular weight is 334 g/mol. The number of hydrogen-bond donors (Lipinski definition) is 2. The molecule has 0 spiro atoms. The highest BCUT2D eigenvalue weighted by molar-refractivity contribution is 9.10. The third-order valence-electron chi connectivity index (χ3n) is 2.83. The van der Waals surface area contributed by atoms with Crippen molar-refractivity contribution in [1.29, 1.82) is 0 Å². The van der Waals surface area contributed by atoms with E-state index in [2.05, 4.69) is 21.2 Å². The smallest absolute Gasteiger partial charge is 0.335 e. The van der Waals surface area contributed by atoms with E-state index in [0.29, 0.717) is 21.3 Å². The lowest BCUT2D eigenvalue weighted by atomic mass is 10.1. The number of halogens is 1. The van der Waals surface area contributed by atoms with Gasteiger partial charge in [-0.2, -0.15) is 0 Å². The number of aromatic carboxylic acids is 1. The number of carboxylic acid groups (broad SMARTS) is 1. The molecule has 2 N–H and O–H groups in total. The number of carboxylic acids is 1. The number of carbonyl (C=O) groups excluding carboxylic acids is 1. The summed E-state index contributed by atoms with van der Waals surface area (Å²) in [4.78, 5) is 23.0. The summed E-state index contributed by atoms with van der Waals surface area (Å²) in [7, 11) is 0. The first kappa shape index (κ1) is 14.3. The summed E-state index contributed by atoms with van der Waals surface area (Å²) in [6.45, 7) is 1.69. The molecule has 0 atom stereocenters. The van der Waals surface area contributed by atoms with Crippen LogP contribution in [0.2, 0.25) is 0 Å². The lowest BCUT2D eigenvalue weighted by molar-refractivity contribution is 0.0696. The molecule has 2 rings (SSSR count). The number of aryl methyl sites for hydroxylation is 1. The second-order valence-corrected chi connectivity index (χ2v) is 5.12. The van der Waals surface area contributed by atoms with Crippen LogP contribution < -0.4 is 5.32 Å². The van der Waals surface area contributed by atoms with Gasteiger partial charge in [-0.3, -0.25) is 4.79 Å². The second-order valence-electron chi connectivity index (χ2n) is 4.27. The Labute approximate surface area is 124 Å². The van der Waals surface area contributed by atoms with Gasteiger partial charge in [0.05, 0.1) is 11.1 Å². The molecule has 5 heteroatoms. The Morgan fingerprint density at radius 3 is 2.40 bits per heavy atom. The lowest BCUT2D eigenvalue weighted by Crippen LogP contribution is -2.13. The molecule has 2 aromatic carbocycles. The minimum atomic E-state index is -0.980. The molecule has 0 saturated carbocycles. The number of anilines is 1. The van der Waals surface area contributed by atoms with Crippen molar-refractivity contribution < 1.29 is 14.7 Å². The summed E-state index contributed by atoms with van der Waals surface area (Å²) in [5, 5.41) is 11.7. The van der Waals surface area contributed by atoms with Crippen LogP contribution in [0.5, 0.6) is 0 Å². The van der Waals surface area contributed by atoms with E-state index in [-0.39, 0.29) is 11.5 Å². The van der Waals surface area contributed by atoms with Crippen LogP contribution in [-0.4, -0.2) is 17.0 Å². The largest absolute Gasteiger partial charge is 0.478 e. The number of benzene rings is 2. The Morgan fingerprint density at radius 1 is 1.10 bits per heavy atom. The second kappa shape index (κ2) is 5.88. The van der Waals surface area contributed by atoms with Gasteiger partial charge in [0, 0.05) is 10.2 Å². The van der Waals surface area contributed by atoms with Gasteiger partial charge < -0.3 is 10.4 Å². The van der Waals surface area contributed by atoms with Gasteiger partial charge in [0.25, 0.3) is 5.91 Å². The van der Waals surface area contributed by atoms with Crippen molar-refractivity contribution in [2.75, 3.05) is 5.32 Å². The average Bonchev–Trinajstić information content (AvgIpc) is 2.38. The monoisotopic (exact) mass is 333 g/mol. The highest BCUT2D eigenvalue weighted by atomic mass is 79.9. The van der Waals surface area contributed by atoms with Crippen molar-refractivity contribution in [2.45, 2.75) is 6.92 Å². The molecule has 2 aromatic rings. The molecule has 0 heterocycles. The summed E-state index contributed by atoms with van der Waals surface area (Å²) >= 11 is 3.32. The highest BCUT2D eigenvalue weighted by Crippen LogP contribution is 2.19. The Balaban J connectivity index is 2.23. The Kier molecular flexibility index (Phi) is 4.20. The van der Waals surface area contributed by atoms with Gasteiger partial charge in [0.15, 0.2) is 0 Å². The minimum Gasteiger partial charge on any atom is -0.478 e. The molecule has 0 unspecified atom stereocenters. The Morgan fingerprint density at radius 2 is 1.80 bits per heavy atom. The van der Waals surface area contributed by atoms with Gasteiger partial charge in [0.2, 0.25) is 0 Å². The van der Waals surface area contributed by atoms with Gasteiger partial charge >= 0.3 is 5.97 Å². The minimum absolute atomic E-state index is 0.226. The van der Waals surface area contributed by atoms with Crippen molar-refractivity contribution in [2.24, 2.45) is 0 Å². The van der Waals surface area contributed by atoms with E-state index in [0.717, 1.165) is 0 Å². The van der Waals surface area contributed by atoms with Crippen LogP contribution in [-0.2, 0) is 0 Å². The molecule has 0 radical (unpaired) electrons. The summed E-state index contributed by atoms with van der Waals surface area (Å²) in [6, 6.07) is 11.8. The van der Waals surface area contributed by atoms with Crippen LogP contribution in [0.25, 0.3) is 0 Å². The van der Waals surface area contributed by atoms with E-state index in [1.807, 2.05) is 6.07 Å². The van der Waals surface area contributed by atoms with Crippen LogP contribution in [0.3, 0.4) is 0 Å². The zero-order valence-corrected chi connectivity index (χ0v) is 12.3. The van der Waals surface area contributed by atoms with Crippen LogP contribution in [0.4, 0.5) is 5.69 Å². The van der Waals surface area contributed by atoms with Gasteiger partial charge in [-0.25, -0.2) is 4.79 Å². The molecular weight excluding hydrogens is 322 g/mol. The number of hydrogen-bond acceptors (Lipinski definition) is 2. The molecule has 0 saturated heterocycles. The number of amides is 1. The molecule has 102 valence electrons. The molecule has 0 aliphatic carbocycles. The SMILES string of the molecule is Cc1cc(NC(=O)c2ccccc2Br)ccc1C(=O)O. The quantitative estimate of drug-likeness (QED) is 0.899. The topological polar surface area (TPSA) is 66.4 Å². The molecule has 0 aliphatic heterocycles. The summed E-state index contributed by atoms with van der Waals surface area (Å²) < 4.78 is 0.705. The maximum absolute atomic E-state index is 12.1. The predicted molar refractivity (Wildman–Crippen MR) is 80.2 cm³/mol. The van der Waals surface area contributed by atoms with Gasteiger partial charge in [0.1, 0.15) is 0 Å². The first-order valence-corrected chi connectivity index (χ1v) is 6.68. The zero-order valence-electron chi connectivity index (χ0n) is 10.7. The fourth-order valence-electron chi connectivity index (χ4n) is 1.83. The lowest BCUT2D eigenvalue weighted by Gasteiger charge is -2.08. The molecule has 1 amide bonds. The van der Waals surface area contributed by atoms with Crippen LogP contribution >= 0.6 is 15.9 Å². The van der Waals surface area contributed by atoms with E-state index in [9.17, 15) is 9.59 Å². The van der Waals surface area contributed by atoms with Crippen molar-refractivity contribution in [1.82, 2.24) is 0 Å². The van der Waals surface area contributed by atoms with Crippen molar-refractivity contribution in [3.63, 3.8) is 0 Å². The van der Waals surface area contributed by atoms with Crippen molar-refractivity contribution in [3.05, 3.63) is 63.6 Å². The van der Waals surface area contributed by atoms with Crippen LogP contribution in [0.15, 0.2) is 46.9 Å². The van der Waals surface area contributed by atoms with E-state index < -0.39 is 5.97 Å². The fraction of sp³-hybridized carbons (Fsp3) is 0.0667. The first-order chi connectivity index (χ1) is 9.49. The van der Waals surface area contributed by atoms with Crippen LogP contribution in [0.1, 0.15) is 26.3 Å². The summed E-state index contributed by atoms with van der Waals surface area (Å²) in [6.07, 6.45) is 0. The molecule has 0 aromatic heterocycles. The zero-order chi connectivity index (χ0) is 14.7. The Hall–Kier alpha value is -2.14. The fourth-order valence-corrected chi connectivity index (χ4v) is 2.29. The van der Waals surface area contributed by atoms with Crippen molar-refractivity contribution >= 4 is 33.5 Å². The first-order valence-electron chi connectivity index (χ1n) is 5.89. The van der Waals surface area contributed by atoms with E-state index in [4.69, 9.17) is 5.11 Å². The highest BCUT2D eigenvalue weighted by Gasteiger charge is 2.11. The molecule has 0 fully saturated rings. The molecular formula is C15H12BrNO3. The number of nitrogens with one attached hydrogen (secondary N) is 1. The molecule has 0 bridgehead atoms. The summed E-state index contributed by atoms with van der Waals surface area (Å²) in [5.41, 5.74) is 1.91.